The van der Waals surface area contributed by atoms with Crippen LogP contribution >= 0.6 is 23.2 Å². The minimum absolute atomic E-state index is 0.206. The molecule has 1 saturated heterocycles. The first kappa shape index (κ1) is 19.4. The van der Waals surface area contributed by atoms with Gasteiger partial charge in [0, 0.05) is 24.9 Å². The molecule has 1 aliphatic rings. The van der Waals surface area contributed by atoms with E-state index in [-0.39, 0.29) is 16.7 Å². The molecular weight excluding hydrogens is 388 g/mol. The molecule has 4 nitrogen and oxygen atoms in total. The summed E-state index contributed by atoms with van der Waals surface area (Å²) < 4.78 is 13.2. The second kappa shape index (κ2) is 8.11. The van der Waals surface area contributed by atoms with Gasteiger partial charge in [-0.1, -0.05) is 29.3 Å². The lowest BCUT2D eigenvalue weighted by atomic mass is 9.95. The predicted molar refractivity (Wildman–Crippen MR) is 108 cm³/mol. The van der Waals surface area contributed by atoms with Crippen LogP contribution in [0.2, 0.25) is 10.0 Å². The van der Waals surface area contributed by atoms with Crippen molar-refractivity contribution in [3.05, 3.63) is 75.0 Å². The molecular formula is C20H18Cl2FN3O. The Bertz CT molecular complexity index is 939. The van der Waals surface area contributed by atoms with Crippen LogP contribution in [-0.2, 0) is 0 Å². The number of aliphatic imine (C=N–C) groups is 1. The molecule has 0 radical (unpaired) electrons. The van der Waals surface area contributed by atoms with E-state index in [1.54, 1.807) is 42.3 Å². The van der Waals surface area contributed by atoms with Crippen LogP contribution in [0.15, 0.2) is 53.0 Å². The number of hydrogen-bond donors (Lipinski definition) is 1. The molecule has 0 aliphatic carbocycles. The normalized spacial score (nSPS) is 17.9. The molecule has 3 rings (SSSR count). The number of nitrogens with two attached hydrogens (primary N) is 1. The fourth-order valence-corrected chi connectivity index (χ4v) is 3.44. The number of hydrogen-bond acceptors (Lipinski definition) is 3. The summed E-state index contributed by atoms with van der Waals surface area (Å²) in [5, 5.41) is 0.580. The maximum atomic E-state index is 13.2. The first-order valence-electron chi connectivity index (χ1n) is 8.36. The third-order valence-corrected chi connectivity index (χ3v) is 5.36. The van der Waals surface area contributed by atoms with Crippen LogP contribution in [0.4, 0.5) is 4.39 Å². The molecule has 0 atom stereocenters. The highest BCUT2D eigenvalue weighted by atomic mass is 35.5. The van der Waals surface area contributed by atoms with Crippen LogP contribution in [0.1, 0.15) is 22.3 Å². The lowest BCUT2D eigenvalue weighted by molar-refractivity contribution is 0.0776. The molecule has 140 valence electrons. The summed E-state index contributed by atoms with van der Waals surface area (Å²) in [5.74, 6) is -0.525. The van der Waals surface area contributed by atoms with E-state index in [9.17, 15) is 9.18 Å². The molecule has 0 saturated carbocycles. The van der Waals surface area contributed by atoms with Crippen molar-refractivity contribution in [2.24, 2.45) is 10.7 Å². The van der Waals surface area contributed by atoms with Gasteiger partial charge in [0.05, 0.1) is 27.9 Å². The molecule has 2 aromatic carbocycles. The number of likely N-dealkylation sites (tertiary alicyclic amines) is 1. The lowest BCUT2D eigenvalue weighted by Gasteiger charge is -2.31. The van der Waals surface area contributed by atoms with Gasteiger partial charge in [-0.05, 0) is 48.4 Å². The van der Waals surface area contributed by atoms with Gasteiger partial charge in [0.15, 0.2) is 0 Å². The van der Waals surface area contributed by atoms with Gasteiger partial charge >= 0.3 is 0 Å². The van der Waals surface area contributed by atoms with Gasteiger partial charge in [-0.25, -0.2) is 4.39 Å². The molecule has 0 aromatic heterocycles. The molecule has 0 unspecified atom stereocenters. The van der Waals surface area contributed by atoms with Gasteiger partial charge in [-0.3, -0.25) is 9.79 Å². The van der Waals surface area contributed by atoms with Crippen molar-refractivity contribution in [3.63, 3.8) is 0 Å². The van der Waals surface area contributed by atoms with E-state index in [2.05, 4.69) is 4.99 Å². The molecule has 1 fully saturated rings. The van der Waals surface area contributed by atoms with Crippen LogP contribution in [0.3, 0.4) is 0 Å². The Morgan fingerprint density at radius 2 is 1.89 bits per heavy atom. The summed E-state index contributed by atoms with van der Waals surface area (Å²) in [7, 11) is 1.66. The van der Waals surface area contributed by atoms with E-state index < -0.39 is 0 Å². The highest BCUT2D eigenvalue weighted by Gasteiger charge is 2.27. The van der Waals surface area contributed by atoms with Crippen molar-refractivity contribution in [1.29, 1.82) is 0 Å². The Balaban J connectivity index is 1.86. The molecule has 0 spiro atoms. The molecule has 0 bridgehead atoms. The predicted octanol–water partition coefficient (Wildman–Crippen LogP) is 4.42. The summed E-state index contributed by atoms with van der Waals surface area (Å²) in [4.78, 5) is 18.8. The largest absolute Gasteiger partial charge is 0.398 e. The number of nitrogens with zero attached hydrogens (tertiary/aromatic N) is 2. The van der Waals surface area contributed by atoms with Crippen molar-refractivity contribution in [2.75, 3.05) is 20.1 Å². The summed E-state index contributed by atoms with van der Waals surface area (Å²) in [6, 6.07) is 11.0. The summed E-state index contributed by atoms with van der Waals surface area (Å²) in [5.41, 5.74) is 9.51. The number of rotatable bonds is 2. The first-order valence-corrected chi connectivity index (χ1v) is 9.12. The van der Waals surface area contributed by atoms with E-state index in [4.69, 9.17) is 28.9 Å². The average Bonchev–Trinajstić information content (AvgIpc) is 2.69. The van der Waals surface area contributed by atoms with E-state index in [0.717, 1.165) is 16.8 Å². The van der Waals surface area contributed by atoms with Crippen LogP contribution in [-0.4, -0.2) is 36.7 Å². The Kier molecular flexibility index (Phi) is 5.82. The maximum absolute atomic E-state index is 13.2. The second-order valence-electron chi connectivity index (χ2n) is 6.15. The topological polar surface area (TPSA) is 58.7 Å². The summed E-state index contributed by atoms with van der Waals surface area (Å²) >= 11 is 12.2. The molecule has 27 heavy (non-hydrogen) atoms. The SMILES string of the molecule is CN=C1CN(C(=O)c2cccc(Cl)c2Cl)CCC1=C(N)c1ccc(F)cc1. The fraction of sp³-hybridized carbons (Fsp3) is 0.200. The number of carbonyl (C=O) groups is 1. The quantitative estimate of drug-likeness (QED) is 0.803. The minimum Gasteiger partial charge on any atom is -0.398 e. The first-order chi connectivity index (χ1) is 12.9. The monoisotopic (exact) mass is 405 g/mol. The Morgan fingerprint density at radius 3 is 2.56 bits per heavy atom. The van der Waals surface area contributed by atoms with E-state index in [1.165, 1.54) is 12.1 Å². The van der Waals surface area contributed by atoms with Gasteiger partial charge in [0.25, 0.3) is 5.91 Å². The van der Waals surface area contributed by atoms with Gasteiger partial charge in [0.1, 0.15) is 5.82 Å². The van der Waals surface area contributed by atoms with Gasteiger partial charge in [0.2, 0.25) is 0 Å². The second-order valence-corrected chi connectivity index (χ2v) is 6.93. The number of amides is 1. The third-order valence-electron chi connectivity index (χ3n) is 4.54. The standard InChI is InChI=1S/C20H18Cl2FN3O/c1-25-17-11-26(20(27)15-3-2-4-16(21)18(15)22)10-9-14(17)19(24)12-5-7-13(23)8-6-12/h2-8H,9-11,24H2,1H3. The van der Waals surface area contributed by atoms with Crippen molar-refractivity contribution in [1.82, 2.24) is 4.90 Å². The number of piperidine rings is 1. The highest BCUT2D eigenvalue weighted by molar-refractivity contribution is 6.43. The van der Waals surface area contributed by atoms with Gasteiger partial charge in [-0.15, -0.1) is 0 Å². The zero-order chi connectivity index (χ0) is 19.6. The third kappa shape index (κ3) is 3.99. The van der Waals surface area contributed by atoms with Crippen molar-refractivity contribution in [2.45, 2.75) is 6.42 Å². The van der Waals surface area contributed by atoms with Crippen molar-refractivity contribution >= 4 is 40.5 Å². The van der Waals surface area contributed by atoms with Crippen LogP contribution < -0.4 is 5.73 Å². The van der Waals surface area contributed by atoms with E-state index >= 15 is 0 Å². The zero-order valence-corrected chi connectivity index (χ0v) is 16.2. The highest BCUT2D eigenvalue weighted by Crippen LogP contribution is 2.28. The molecule has 2 N–H and O–H groups in total. The molecule has 1 aliphatic heterocycles. The Labute approximate surface area is 167 Å². The lowest BCUT2D eigenvalue weighted by Crippen LogP contribution is -2.42. The molecule has 1 heterocycles. The van der Waals surface area contributed by atoms with Crippen molar-refractivity contribution in [3.8, 4) is 0 Å². The number of halogens is 3. The van der Waals surface area contributed by atoms with E-state index in [0.29, 0.717) is 35.8 Å². The Hall–Kier alpha value is -2.37. The van der Waals surface area contributed by atoms with Crippen LogP contribution in [0, 0.1) is 5.82 Å². The zero-order valence-electron chi connectivity index (χ0n) is 14.7. The fourth-order valence-electron chi connectivity index (χ4n) is 3.06. The molecule has 2 aromatic rings. The average molecular weight is 406 g/mol. The van der Waals surface area contributed by atoms with E-state index in [1.807, 2.05) is 0 Å². The maximum Gasteiger partial charge on any atom is 0.255 e. The van der Waals surface area contributed by atoms with Crippen LogP contribution in [0.5, 0.6) is 0 Å². The molecule has 7 heteroatoms. The number of benzene rings is 2. The summed E-state index contributed by atoms with van der Waals surface area (Å²) in [6.45, 7) is 0.785. The summed E-state index contributed by atoms with van der Waals surface area (Å²) in [6.07, 6.45) is 0.541. The Morgan fingerprint density at radius 1 is 1.19 bits per heavy atom. The number of carbonyl (C=O) groups excluding carboxylic acids is 1. The van der Waals surface area contributed by atoms with Gasteiger partial charge in [-0.2, -0.15) is 0 Å². The minimum atomic E-state index is -0.320. The van der Waals surface area contributed by atoms with Crippen LogP contribution in [0.25, 0.3) is 5.70 Å². The smallest absolute Gasteiger partial charge is 0.255 e. The van der Waals surface area contributed by atoms with Gasteiger partial charge < -0.3 is 10.6 Å². The van der Waals surface area contributed by atoms with Crippen molar-refractivity contribution < 1.29 is 9.18 Å². The molecule has 1 amide bonds.